The van der Waals surface area contributed by atoms with E-state index in [-0.39, 0.29) is 19.0 Å². The Bertz CT molecular complexity index is 317. The molecule has 0 aliphatic carbocycles. The molecular weight excluding hydrogens is 225 g/mol. The lowest BCUT2D eigenvalue weighted by molar-refractivity contribution is -0.274. The number of hydrogen-bond donors (Lipinski definition) is 2. The first-order chi connectivity index (χ1) is 7.46. The number of halogens is 3. The molecule has 0 bridgehead atoms. The minimum atomic E-state index is -4.71. The highest BCUT2D eigenvalue weighted by Gasteiger charge is 2.31. The minimum absolute atomic E-state index is 0.268. The van der Waals surface area contributed by atoms with Crippen LogP contribution in [0.2, 0.25) is 0 Å². The fourth-order valence-electron chi connectivity index (χ4n) is 1.21. The number of benzene rings is 1. The molecular formula is C10H11F3O3. The van der Waals surface area contributed by atoms with Crippen molar-refractivity contribution in [2.24, 2.45) is 0 Å². The van der Waals surface area contributed by atoms with Gasteiger partial charge in [0.2, 0.25) is 0 Å². The zero-order valence-corrected chi connectivity index (χ0v) is 8.24. The number of aliphatic hydroxyl groups is 2. The Labute approximate surface area is 90.1 Å². The second kappa shape index (κ2) is 5.18. The zero-order valence-electron chi connectivity index (χ0n) is 8.24. The number of ether oxygens (including phenoxy) is 1. The lowest BCUT2D eigenvalue weighted by atomic mass is 10.0. The molecule has 1 aromatic carbocycles. The van der Waals surface area contributed by atoms with Gasteiger partial charge in [-0.25, -0.2) is 0 Å². The first kappa shape index (κ1) is 12.8. The molecule has 1 rings (SSSR count). The van der Waals surface area contributed by atoms with Gasteiger partial charge in [0, 0.05) is 5.92 Å². The van der Waals surface area contributed by atoms with E-state index < -0.39 is 12.3 Å². The summed E-state index contributed by atoms with van der Waals surface area (Å²) >= 11 is 0. The van der Waals surface area contributed by atoms with Gasteiger partial charge >= 0.3 is 6.36 Å². The summed E-state index contributed by atoms with van der Waals surface area (Å²) in [6.07, 6.45) is -4.71. The third kappa shape index (κ3) is 3.71. The van der Waals surface area contributed by atoms with E-state index in [0.29, 0.717) is 5.56 Å². The van der Waals surface area contributed by atoms with E-state index in [4.69, 9.17) is 10.2 Å². The largest absolute Gasteiger partial charge is 0.573 e. The van der Waals surface area contributed by atoms with Gasteiger partial charge in [0.05, 0.1) is 13.2 Å². The predicted octanol–water partition coefficient (Wildman–Crippen LogP) is 1.65. The third-order valence-electron chi connectivity index (χ3n) is 2.03. The van der Waals surface area contributed by atoms with E-state index in [2.05, 4.69) is 4.74 Å². The Hall–Kier alpha value is -1.27. The highest BCUT2D eigenvalue weighted by atomic mass is 19.4. The molecule has 0 atom stereocenters. The van der Waals surface area contributed by atoms with E-state index >= 15 is 0 Å². The monoisotopic (exact) mass is 236 g/mol. The lowest BCUT2D eigenvalue weighted by Gasteiger charge is -2.13. The Morgan fingerprint density at radius 3 is 1.94 bits per heavy atom. The molecule has 1 aromatic rings. The highest BCUT2D eigenvalue weighted by Crippen LogP contribution is 2.24. The highest BCUT2D eigenvalue weighted by molar-refractivity contribution is 5.29. The smallest absolute Gasteiger partial charge is 0.406 e. The molecule has 0 unspecified atom stereocenters. The van der Waals surface area contributed by atoms with Gasteiger partial charge in [-0.2, -0.15) is 0 Å². The van der Waals surface area contributed by atoms with Gasteiger partial charge in [-0.1, -0.05) is 12.1 Å². The Kier molecular flexibility index (Phi) is 4.14. The number of alkyl halides is 3. The molecule has 0 saturated heterocycles. The molecule has 0 spiro atoms. The SMILES string of the molecule is OCC(CO)c1ccc(OC(F)(F)F)cc1. The molecule has 0 aliphatic rings. The van der Waals surface area contributed by atoms with E-state index in [1.165, 1.54) is 12.1 Å². The standard InChI is InChI=1S/C10H11F3O3/c11-10(12,13)16-9-3-1-7(2-4-9)8(5-14)6-15/h1-4,8,14-15H,5-6H2. The molecule has 0 heterocycles. The minimum Gasteiger partial charge on any atom is -0.406 e. The van der Waals surface area contributed by atoms with Gasteiger partial charge in [-0.15, -0.1) is 13.2 Å². The van der Waals surface area contributed by atoms with Crippen molar-refractivity contribution in [2.75, 3.05) is 13.2 Å². The van der Waals surface area contributed by atoms with Crippen molar-refractivity contribution in [2.45, 2.75) is 12.3 Å². The molecule has 16 heavy (non-hydrogen) atoms. The van der Waals surface area contributed by atoms with Crippen molar-refractivity contribution in [3.05, 3.63) is 29.8 Å². The summed E-state index contributed by atoms with van der Waals surface area (Å²) in [4.78, 5) is 0. The van der Waals surface area contributed by atoms with E-state index in [0.717, 1.165) is 12.1 Å². The maximum atomic E-state index is 11.8. The third-order valence-corrected chi connectivity index (χ3v) is 2.03. The molecule has 0 saturated carbocycles. The van der Waals surface area contributed by atoms with Gasteiger partial charge in [-0.3, -0.25) is 0 Å². The Morgan fingerprint density at radius 1 is 1.06 bits per heavy atom. The molecule has 2 N–H and O–H groups in total. The lowest BCUT2D eigenvalue weighted by Crippen LogP contribution is -2.17. The summed E-state index contributed by atoms with van der Waals surface area (Å²) in [5, 5.41) is 17.7. The molecule has 6 heteroatoms. The summed E-state index contributed by atoms with van der Waals surface area (Å²) in [5.74, 6) is -0.814. The van der Waals surface area contributed by atoms with E-state index in [1.54, 1.807) is 0 Å². The van der Waals surface area contributed by atoms with Crippen LogP contribution in [-0.2, 0) is 0 Å². The molecule has 0 aromatic heterocycles. The molecule has 90 valence electrons. The summed E-state index contributed by atoms with van der Waals surface area (Å²) in [5.41, 5.74) is 0.555. The van der Waals surface area contributed by atoms with Crippen LogP contribution >= 0.6 is 0 Å². The molecule has 0 fully saturated rings. The van der Waals surface area contributed by atoms with Crippen molar-refractivity contribution in [3.8, 4) is 5.75 Å². The maximum Gasteiger partial charge on any atom is 0.573 e. The van der Waals surface area contributed by atoms with Crippen LogP contribution in [-0.4, -0.2) is 29.8 Å². The van der Waals surface area contributed by atoms with E-state index in [1.807, 2.05) is 0 Å². The van der Waals surface area contributed by atoms with Crippen molar-refractivity contribution >= 4 is 0 Å². The van der Waals surface area contributed by atoms with Gasteiger partial charge in [-0.05, 0) is 17.7 Å². The van der Waals surface area contributed by atoms with Crippen LogP contribution in [0.1, 0.15) is 11.5 Å². The fourth-order valence-corrected chi connectivity index (χ4v) is 1.21. The molecule has 0 amide bonds. The van der Waals surface area contributed by atoms with Crippen molar-refractivity contribution in [1.29, 1.82) is 0 Å². The summed E-state index contributed by atoms with van der Waals surface area (Å²) < 4.78 is 39.2. The fraction of sp³-hybridized carbons (Fsp3) is 0.400. The predicted molar refractivity (Wildman–Crippen MR) is 50.0 cm³/mol. The molecule has 0 aliphatic heterocycles. The molecule has 0 radical (unpaired) electrons. The number of aliphatic hydroxyl groups excluding tert-OH is 2. The zero-order chi connectivity index (χ0) is 12.2. The van der Waals surface area contributed by atoms with Crippen LogP contribution in [0.3, 0.4) is 0 Å². The van der Waals surface area contributed by atoms with Crippen LogP contribution in [0, 0.1) is 0 Å². The van der Waals surface area contributed by atoms with Crippen LogP contribution in [0.15, 0.2) is 24.3 Å². The van der Waals surface area contributed by atoms with Crippen LogP contribution in [0.5, 0.6) is 5.75 Å². The number of hydrogen-bond acceptors (Lipinski definition) is 3. The van der Waals surface area contributed by atoms with Gasteiger partial charge < -0.3 is 14.9 Å². The summed E-state index contributed by atoms with van der Waals surface area (Å²) in [6, 6.07) is 5.03. The first-order valence-corrected chi connectivity index (χ1v) is 4.53. The van der Waals surface area contributed by atoms with Crippen LogP contribution in [0.4, 0.5) is 13.2 Å². The average molecular weight is 236 g/mol. The normalized spacial score (nSPS) is 11.9. The number of rotatable bonds is 4. The molecule has 3 nitrogen and oxygen atoms in total. The van der Waals surface area contributed by atoms with Crippen LogP contribution < -0.4 is 4.74 Å². The second-order valence-corrected chi connectivity index (χ2v) is 3.18. The maximum absolute atomic E-state index is 11.8. The van der Waals surface area contributed by atoms with E-state index in [9.17, 15) is 13.2 Å². The van der Waals surface area contributed by atoms with Gasteiger partial charge in [0.1, 0.15) is 5.75 Å². The van der Waals surface area contributed by atoms with Crippen LogP contribution in [0.25, 0.3) is 0 Å². The van der Waals surface area contributed by atoms with Gasteiger partial charge in [0.15, 0.2) is 0 Å². The van der Waals surface area contributed by atoms with Gasteiger partial charge in [0.25, 0.3) is 0 Å². The van der Waals surface area contributed by atoms with Crippen molar-refractivity contribution in [3.63, 3.8) is 0 Å². The Balaban J connectivity index is 2.75. The topological polar surface area (TPSA) is 49.7 Å². The second-order valence-electron chi connectivity index (χ2n) is 3.18. The quantitative estimate of drug-likeness (QED) is 0.835. The van der Waals surface area contributed by atoms with Crippen molar-refractivity contribution in [1.82, 2.24) is 0 Å². The Morgan fingerprint density at radius 2 is 1.56 bits per heavy atom. The average Bonchev–Trinajstić information content (AvgIpc) is 2.20. The summed E-state index contributed by atoms with van der Waals surface area (Å²) in [6.45, 7) is -0.536. The first-order valence-electron chi connectivity index (χ1n) is 4.53. The van der Waals surface area contributed by atoms with Crippen molar-refractivity contribution < 1.29 is 28.1 Å². The summed E-state index contributed by atoms with van der Waals surface area (Å²) in [7, 11) is 0.